The fourth-order valence-corrected chi connectivity index (χ4v) is 2.73. The van der Waals surface area contributed by atoms with Crippen LogP contribution in [0.15, 0.2) is 29.4 Å². The minimum absolute atomic E-state index is 0. The molecule has 8 heteroatoms. The summed E-state index contributed by atoms with van der Waals surface area (Å²) in [5, 5.41) is 15.1. The Kier molecular flexibility index (Phi) is 10.00. The van der Waals surface area contributed by atoms with Crippen molar-refractivity contribution in [1.29, 1.82) is 0 Å². The summed E-state index contributed by atoms with van der Waals surface area (Å²) in [5.41, 5.74) is 0.947. The number of nitrogens with one attached hydrogen (secondary N) is 2. The molecule has 0 saturated heterocycles. The summed E-state index contributed by atoms with van der Waals surface area (Å²) < 4.78 is 7.61. The van der Waals surface area contributed by atoms with Crippen LogP contribution in [-0.2, 0) is 11.2 Å². The second-order valence-corrected chi connectivity index (χ2v) is 7.39. The third kappa shape index (κ3) is 7.25. The minimum Gasteiger partial charge on any atom is -0.379 e. The molecular formula is C19H33IN6O. The normalized spacial score (nSPS) is 13.3. The maximum atomic E-state index is 5.58. The van der Waals surface area contributed by atoms with E-state index < -0.39 is 0 Å². The van der Waals surface area contributed by atoms with Crippen LogP contribution in [0, 0.1) is 5.41 Å². The van der Waals surface area contributed by atoms with E-state index in [1.54, 1.807) is 7.11 Å². The number of pyridine rings is 1. The standard InChI is InChI=1S/C19H32N6O.HI/c1-6-20-18(22-14-15(26-5)19(2,3)4)21-12-9-11-17-24-23-16-10-7-8-13-25(16)17;/h7-8,10,13,15H,6,9,11-12,14H2,1-5H3,(H2,20,21,22);1H. The minimum atomic E-state index is 0. The van der Waals surface area contributed by atoms with Crippen LogP contribution in [0.3, 0.4) is 0 Å². The van der Waals surface area contributed by atoms with Gasteiger partial charge in [0.2, 0.25) is 0 Å². The molecular weight excluding hydrogens is 455 g/mol. The number of fused-ring (bicyclic) bond motifs is 1. The van der Waals surface area contributed by atoms with Crippen LogP contribution in [0.4, 0.5) is 0 Å². The summed E-state index contributed by atoms with van der Waals surface area (Å²) in [6, 6.07) is 5.93. The Bertz CT molecular complexity index is 710. The van der Waals surface area contributed by atoms with E-state index in [0.717, 1.165) is 43.4 Å². The van der Waals surface area contributed by atoms with Crippen molar-refractivity contribution in [2.75, 3.05) is 26.7 Å². The molecule has 7 nitrogen and oxygen atoms in total. The lowest BCUT2D eigenvalue weighted by molar-refractivity contribution is 0.0241. The summed E-state index contributed by atoms with van der Waals surface area (Å²) in [6.45, 7) is 10.8. The fourth-order valence-electron chi connectivity index (χ4n) is 2.73. The molecule has 152 valence electrons. The molecule has 2 rings (SSSR count). The van der Waals surface area contributed by atoms with Crippen molar-refractivity contribution in [1.82, 2.24) is 25.2 Å². The Morgan fingerprint density at radius 3 is 2.70 bits per heavy atom. The van der Waals surface area contributed by atoms with Gasteiger partial charge in [0.25, 0.3) is 0 Å². The van der Waals surface area contributed by atoms with Crippen LogP contribution in [0.5, 0.6) is 0 Å². The number of rotatable bonds is 8. The molecule has 2 aromatic heterocycles. The van der Waals surface area contributed by atoms with E-state index in [1.165, 1.54) is 0 Å². The molecule has 2 heterocycles. The number of halogens is 1. The van der Waals surface area contributed by atoms with E-state index in [0.29, 0.717) is 6.54 Å². The molecule has 0 bridgehead atoms. The van der Waals surface area contributed by atoms with Gasteiger partial charge in [-0.3, -0.25) is 9.39 Å². The van der Waals surface area contributed by atoms with Crippen LogP contribution in [0.1, 0.15) is 39.9 Å². The molecule has 0 radical (unpaired) electrons. The van der Waals surface area contributed by atoms with Gasteiger partial charge in [-0.2, -0.15) is 0 Å². The smallest absolute Gasteiger partial charge is 0.191 e. The molecule has 0 amide bonds. The second-order valence-electron chi connectivity index (χ2n) is 7.39. The van der Waals surface area contributed by atoms with E-state index in [4.69, 9.17) is 4.74 Å². The van der Waals surface area contributed by atoms with Gasteiger partial charge < -0.3 is 15.4 Å². The maximum absolute atomic E-state index is 5.58. The quantitative estimate of drug-likeness (QED) is 0.259. The van der Waals surface area contributed by atoms with Crippen LogP contribution < -0.4 is 10.6 Å². The predicted octanol–water partition coefficient (Wildman–Crippen LogP) is 2.90. The van der Waals surface area contributed by atoms with Crippen molar-refractivity contribution < 1.29 is 4.74 Å². The van der Waals surface area contributed by atoms with Gasteiger partial charge in [-0.25, -0.2) is 0 Å². The molecule has 0 aliphatic rings. The second kappa shape index (κ2) is 11.4. The first-order valence-corrected chi connectivity index (χ1v) is 9.29. The first kappa shape index (κ1) is 23.6. The van der Waals surface area contributed by atoms with Gasteiger partial charge in [-0.15, -0.1) is 34.2 Å². The molecule has 1 unspecified atom stereocenters. The van der Waals surface area contributed by atoms with Crippen LogP contribution in [0.2, 0.25) is 0 Å². The number of ether oxygens (including phenoxy) is 1. The Hall–Kier alpha value is -1.42. The molecule has 0 aliphatic carbocycles. The maximum Gasteiger partial charge on any atom is 0.191 e. The highest BCUT2D eigenvalue weighted by atomic mass is 127. The molecule has 0 aromatic carbocycles. The number of methoxy groups -OCH3 is 1. The first-order chi connectivity index (χ1) is 12.5. The Morgan fingerprint density at radius 2 is 2.04 bits per heavy atom. The molecule has 0 aliphatic heterocycles. The predicted molar refractivity (Wildman–Crippen MR) is 121 cm³/mol. The van der Waals surface area contributed by atoms with Crippen molar-refractivity contribution in [3.8, 4) is 0 Å². The number of hydrogen-bond donors (Lipinski definition) is 2. The Labute approximate surface area is 179 Å². The third-order valence-corrected chi connectivity index (χ3v) is 4.26. The van der Waals surface area contributed by atoms with E-state index in [2.05, 4.69) is 53.5 Å². The van der Waals surface area contributed by atoms with Gasteiger partial charge in [0, 0.05) is 32.8 Å². The van der Waals surface area contributed by atoms with Crippen molar-refractivity contribution in [2.24, 2.45) is 10.4 Å². The lowest BCUT2D eigenvalue weighted by Gasteiger charge is -2.28. The van der Waals surface area contributed by atoms with Crippen LogP contribution in [0.25, 0.3) is 5.65 Å². The summed E-state index contributed by atoms with van der Waals surface area (Å²) in [7, 11) is 1.74. The highest BCUT2D eigenvalue weighted by Crippen LogP contribution is 2.21. The molecule has 0 spiro atoms. The lowest BCUT2D eigenvalue weighted by Crippen LogP contribution is -2.39. The van der Waals surface area contributed by atoms with Gasteiger partial charge in [-0.05, 0) is 30.9 Å². The number of guanidine groups is 1. The van der Waals surface area contributed by atoms with Crippen LogP contribution in [-0.4, -0.2) is 53.4 Å². The summed E-state index contributed by atoms with van der Waals surface area (Å²) >= 11 is 0. The molecule has 2 aromatic rings. The number of aryl methyl sites for hydroxylation is 1. The average Bonchev–Trinajstić information content (AvgIpc) is 3.01. The van der Waals surface area contributed by atoms with Crippen LogP contribution >= 0.6 is 24.0 Å². The highest BCUT2D eigenvalue weighted by Gasteiger charge is 2.24. The Balaban J connectivity index is 0.00000364. The van der Waals surface area contributed by atoms with Crippen molar-refractivity contribution in [3.05, 3.63) is 30.2 Å². The summed E-state index contributed by atoms with van der Waals surface area (Å²) in [6.07, 6.45) is 3.90. The zero-order valence-electron chi connectivity index (χ0n) is 17.0. The highest BCUT2D eigenvalue weighted by molar-refractivity contribution is 14.0. The molecule has 0 saturated carbocycles. The van der Waals surface area contributed by atoms with E-state index >= 15 is 0 Å². The van der Waals surface area contributed by atoms with E-state index in [9.17, 15) is 0 Å². The van der Waals surface area contributed by atoms with Gasteiger partial charge in [0.1, 0.15) is 5.82 Å². The van der Waals surface area contributed by atoms with Gasteiger partial charge >= 0.3 is 0 Å². The number of hydrogen-bond acceptors (Lipinski definition) is 4. The zero-order chi connectivity index (χ0) is 19.0. The third-order valence-electron chi connectivity index (χ3n) is 4.26. The largest absolute Gasteiger partial charge is 0.379 e. The average molecular weight is 488 g/mol. The molecule has 27 heavy (non-hydrogen) atoms. The molecule has 2 N–H and O–H groups in total. The monoisotopic (exact) mass is 488 g/mol. The topological polar surface area (TPSA) is 75.8 Å². The van der Waals surface area contributed by atoms with Gasteiger partial charge in [0.05, 0.1) is 12.6 Å². The van der Waals surface area contributed by atoms with Crippen molar-refractivity contribution >= 4 is 35.6 Å². The van der Waals surface area contributed by atoms with E-state index in [-0.39, 0.29) is 35.5 Å². The molecule has 0 fully saturated rings. The SMILES string of the molecule is CCNC(=NCC(OC)C(C)(C)C)NCCCc1nnc2ccccn12.I. The zero-order valence-corrected chi connectivity index (χ0v) is 19.4. The fraction of sp³-hybridized carbons (Fsp3) is 0.632. The van der Waals surface area contributed by atoms with Crippen molar-refractivity contribution in [2.45, 2.75) is 46.6 Å². The van der Waals surface area contributed by atoms with Gasteiger partial charge in [0.15, 0.2) is 11.6 Å². The number of aromatic nitrogens is 3. The number of nitrogens with zero attached hydrogens (tertiary/aromatic N) is 4. The van der Waals surface area contributed by atoms with Gasteiger partial charge in [-0.1, -0.05) is 26.8 Å². The molecule has 1 atom stereocenters. The van der Waals surface area contributed by atoms with E-state index in [1.807, 2.05) is 28.8 Å². The summed E-state index contributed by atoms with van der Waals surface area (Å²) in [4.78, 5) is 4.67. The summed E-state index contributed by atoms with van der Waals surface area (Å²) in [5.74, 6) is 1.81. The number of aliphatic imine (C=N–C) groups is 1. The van der Waals surface area contributed by atoms with Crippen molar-refractivity contribution in [3.63, 3.8) is 0 Å². The first-order valence-electron chi connectivity index (χ1n) is 9.29. The Morgan fingerprint density at radius 1 is 1.26 bits per heavy atom. The lowest BCUT2D eigenvalue weighted by atomic mass is 9.89.